The van der Waals surface area contributed by atoms with Crippen molar-refractivity contribution in [2.75, 3.05) is 0 Å². The Kier molecular flexibility index (Phi) is 445. The zero-order valence-electron chi connectivity index (χ0n) is 3.21. The minimum Gasteiger partial charge on any atom is -0.412 e. The van der Waals surface area contributed by atoms with Crippen molar-refractivity contribution in [1.82, 2.24) is 0 Å². The Bertz CT molecular complexity index is 6.00. The van der Waals surface area contributed by atoms with Gasteiger partial charge in [-0.2, -0.15) is 6.92 Å². The third-order valence-electron chi connectivity index (χ3n) is 0. The van der Waals surface area contributed by atoms with Gasteiger partial charge in [0.05, 0.1) is 0 Å². The number of hydrogen-bond acceptors (Lipinski definition) is 0. The monoisotopic (exact) mass is 54.1 g/mol. The average Bonchev–Trinajstić information content (AvgIpc) is 1.00. The van der Waals surface area contributed by atoms with Crippen molar-refractivity contribution >= 4 is 0 Å². The molecular weight excluding hydrogens is 47.0 g/mol. The Balaban J connectivity index is -0.00000000500. The third-order valence-corrected chi connectivity index (χ3v) is 0. The van der Waals surface area contributed by atoms with Crippen molar-refractivity contribution in [2.45, 2.75) is 6.92 Å². The van der Waals surface area contributed by atoms with Gasteiger partial charge in [0.25, 0.3) is 0 Å². The number of rotatable bonds is 0. The van der Waals surface area contributed by atoms with Gasteiger partial charge in [-0.15, -0.1) is 0 Å². The molecule has 0 amide bonds. The summed E-state index contributed by atoms with van der Waals surface area (Å²) in [5, 5.41) is 0. The van der Waals surface area contributed by atoms with Crippen LogP contribution in [0.4, 0.5) is 0 Å². The van der Waals surface area contributed by atoms with Gasteiger partial charge in [-0.3, -0.25) is 0 Å². The summed E-state index contributed by atoms with van der Waals surface area (Å²) in [6.07, 6.45) is 0. The van der Waals surface area contributed by atoms with Crippen molar-refractivity contribution in [3.05, 3.63) is 6.92 Å². The fourth-order valence-corrected chi connectivity index (χ4v) is 0. The van der Waals surface area contributed by atoms with E-state index in [1.54, 1.807) is 6.92 Å². The predicted molar refractivity (Wildman–Crippen MR) is 14.6 cm³/mol. The van der Waals surface area contributed by atoms with Gasteiger partial charge in [-0.25, -0.2) is 0 Å². The van der Waals surface area contributed by atoms with Gasteiger partial charge in [0.1, 0.15) is 0 Å². The van der Waals surface area contributed by atoms with Crippen LogP contribution in [0.2, 0.25) is 0 Å². The molecule has 0 fully saturated rings. The molecule has 0 saturated heterocycles. The maximum atomic E-state index is 3.25. The van der Waals surface area contributed by atoms with Gasteiger partial charge in [0.2, 0.25) is 0 Å². The molecular formula is C2H7LiO. The van der Waals surface area contributed by atoms with Gasteiger partial charge in [0.15, 0.2) is 0 Å². The van der Waals surface area contributed by atoms with Gasteiger partial charge in [-0.1, -0.05) is 0 Å². The summed E-state index contributed by atoms with van der Waals surface area (Å²) in [6.45, 7) is 5.00. The van der Waals surface area contributed by atoms with Gasteiger partial charge in [0, 0.05) is 0 Å². The SMILES string of the molecule is O.[CH2-]C.[Li+]. The van der Waals surface area contributed by atoms with Crippen LogP contribution in [0, 0.1) is 6.92 Å². The molecule has 2 heteroatoms. The smallest absolute Gasteiger partial charge is 0.412 e. The van der Waals surface area contributed by atoms with Crippen molar-refractivity contribution in [2.24, 2.45) is 0 Å². The maximum Gasteiger partial charge on any atom is 1.00 e. The molecule has 2 N–H and O–H groups in total. The second kappa shape index (κ2) is 74.9. The van der Waals surface area contributed by atoms with E-state index in [1.165, 1.54) is 0 Å². The first kappa shape index (κ1) is 23.8. The molecule has 0 atom stereocenters. The van der Waals surface area contributed by atoms with Gasteiger partial charge >= 0.3 is 18.9 Å². The molecule has 22 valence electrons. The first-order valence-electron chi connectivity index (χ1n) is 0.707. The molecule has 0 aliphatic carbocycles. The van der Waals surface area contributed by atoms with Crippen LogP contribution < -0.4 is 18.9 Å². The molecule has 1 nitrogen and oxygen atoms in total. The molecule has 0 radical (unpaired) electrons. The van der Waals surface area contributed by atoms with E-state index in [-0.39, 0.29) is 24.3 Å². The van der Waals surface area contributed by atoms with E-state index in [1.807, 2.05) is 0 Å². The first-order valence-corrected chi connectivity index (χ1v) is 0.707. The second-order valence-corrected chi connectivity index (χ2v) is 0. The average molecular weight is 54.0 g/mol. The summed E-state index contributed by atoms with van der Waals surface area (Å²) in [7, 11) is 0. The van der Waals surface area contributed by atoms with Crippen LogP contribution in [0.1, 0.15) is 6.92 Å². The van der Waals surface area contributed by atoms with E-state index < -0.39 is 0 Å². The van der Waals surface area contributed by atoms with Gasteiger partial charge in [-0.05, 0) is 0 Å². The minimum absolute atomic E-state index is 0. The molecule has 0 aliphatic rings. The Hall–Kier alpha value is 0.557. The van der Waals surface area contributed by atoms with Crippen LogP contribution in [0.3, 0.4) is 0 Å². The normalized spacial score (nSPS) is 1.50. The zero-order valence-corrected chi connectivity index (χ0v) is 3.21. The van der Waals surface area contributed by atoms with E-state index in [9.17, 15) is 0 Å². The molecule has 0 bridgehead atoms. The molecule has 0 aromatic rings. The summed E-state index contributed by atoms with van der Waals surface area (Å²) in [4.78, 5) is 0. The molecule has 0 rings (SSSR count). The molecule has 0 aliphatic heterocycles. The largest absolute Gasteiger partial charge is 1.00 e. The van der Waals surface area contributed by atoms with Crippen molar-refractivity contribution < 1.29 is 24.3 Å². The Morgan fingerprint density at radius 1 is 1.25 bits per heavy atom. The molecule has 0 saturated carbocycles. The van der Waals surface area contributed by atoms with E-state index in [2.05, 4.69) is 6.92 Å². The fourth-order valence-electron chi connectivity index (χ4n) is 0. The topological polar surface area (TPSA) is 31.5 Å². The summed E-state index contributed by atoms with van der Waals surface area (Å²) in [6, 6.07) is 0. The van der Waals surface area contributed by atoms with Crippen LogP contribution in [-0.4, -0.2) is 5.48 Å². The Labute approximate surface area is 38.9 Å². The fraction of sp³-hybridized carbons (Fsp3) is 0.500. The predicted octanol–water partition coefficient (Wildman–Crippen LogP) is -2.98. The number of hydrogen-bond donors (Lipinski definition) is 0. The quantitative estimate of drug-likeness (QED) is 0.209. The van der Waals surface area contributed by atoms with Crippen LogP contribution in [0.5, 0.6) is 0 Å². The maximum absolute atomic E-state index is 3.25. The standard InChI is InChI=1S/C2H5.Li.H2O/c1-2;;/h1H2,2H3;;1H2/q-1;+1;. The van der Waals surface area contributed by atoms with Crippen molar-refractivity contribution in [1.29, 1.82) is 0 Å². The van der Waals surface area contributed by atoms with Crippen LogP contribution in [0.25, 0.3) is 0 Å². The van der Waals surface area contributed by atoms with Gasteiger partial charge < -0.3 is 12.4 Å². The minimum atomic E-state index is 0. The first-order chi connectivity index (χ1) is 1.00. The Morgan fingerprint density at radius 3 is 1.25 bits per heavy atom. The second-order valence-electron chi connectivity index (χ2n) is 0. The molecule has 0 heterocycles. The Morgan fingerprint density at radius 2 is 1.25 bits per heavy atom. The van der Waals surface area contributed by atoms with E-state index in [0.717, 1.165) is 0 Å². The molecule has 0 aromatic carbocycles. The summed E-state index contributed by atoms with van der Waals surface area (Å²) in [5.41, 5.74) is 0. The van der Waals surface area contributed by atoms with Crippen LogP contribution in [0.15, 0.2) is 0 Å². The molecule has 0 spiro atoms. The summed E-state index contributed by atoms with van der Waals surface area (Å²) in [5.74, 6) is 0. The zero-order chi connectivity index (χ0) is 2.00. The summed E-state index contributed by atoms with van der Waals surface area (Å²) >= 11 is 0. The van der Waals surface area contributed by atoms with Crippen LogP contribution in [-0.2, 0) is 0 Å². The molecule has 4 heavy (non-hydrogen) atoms. The van der Waals surface area contributed by atoms with Crippen molar-refractivity contribution in [3.8, 4) is 0 Å². The molecule has 0 unspecified atom stereocenters. The summed E-state index contributed by atoms with van der Waals surface area (Å²) < 4.78 is 0. The van der Waals surface area contributed by atoms with Crippen molar-refractivity contribution in [3.63, 3.8) is 0 Å². The third kappa shape index (κ3) is 20.0. The van der Waals surface area contributed by atoms with E-state index in [0.29, 0.717) is 0 Å². The van der Waals surface area contributed by atoms with E-state index in [4.69, 9.17) is 0 Å². The molecule has 0 aromatic heterocycles. The van der Waals surface area contributed by atoms with Crippen LogP contribution >= 0.6 is 0 Å². The van der Waals surface area contributed by atoms with E-state index >= 15 is 0 Å².